The zero-order valence-corrected chi connectivity index (χ0v) is 12.7. The highest BCUT2D eigenvalue weighted by atomic mass is 35.5. The van der Waals surface area contributed by atoms with Crippen LogP contribution in [-0.4, -0.2) is 42.1 Å². The number of nitrogens with two attached hydrogens (primary N) is 1. The minimum Gasteiger partial charge on any atom is -0.368 e. The maximum Gasteiger partial charge on any atom is 0.403 e. The highest BCUT2D eigenvalue weighted by molar-refractivity contribution is 7.58. The molecule has 4 N–H and O–H groups in total. The monoisotopic (exact) mass is 334 g/mol. The van der Waals surface area contributed by atoms with Crippen LogP contribution in [-0.2, 0) is 4.52 Å². The number of rotatable bonds is 3. The van der Waals surface area contributed by atoms with Gasteiger partial charge in [0, 0.05) is 9.27 Å². The first-order valence-corrected chi connectivity index (χ1v) is 8.61. The van der Waals surface area contributed by atoms with Crippen molar-refractivity contribution in [3.05, 3.63) is 23.6 Å². The highest BCUT2D eigenvalue weighted by Crippen LogP contribution is 2.49. The number of hydrogen-bond acceptors (Lipinski definition) is 7. The lowest BCUT2D eigenvalue weighted by Gasteiger charge is -2.14. The second-order valence-electron chi connectivity index (χ2n) is 4.86. The van der Waals surface area contributed by atoms with Gasteiger partial charge in [-0.05, 0) is 0 Å². The lowest BCUT2D eigenvalue weighted by Crippen LogP contribution is -2.12. The molecule has 8 nitrogen and oxygen atoms in total. The van der Waals surface area contributed by atoms with Crippen LogP contribution < -0.4 is 5.73 Å². The number of hydrogen-bond donors (Lipinski definition) is 3. The summed E-state index contributed by atoms with van der Waals surface area (Å²) in [7, 11) is -3.27. The molecule has 0 aromatic carbocycles. The molecule has 2 atom stereocenters. The molecule has 0 unspecified atom stereocenters. The molecule has 116 valence electrons. The first-order valence-electron chi connectivity index (χ1n) is 6.18. The normalized spacial score (nSPS) is 22.3. The fourth-order valence-electron chi connectivity index (χ4n) is 2.33. The largest absolute Gasteiger partial charge is 0.403 e. The predicted octanol–water partition coefficient (Wildman–Crippen LogP) is 1.82. The van der Waals surface area contributed by atoms with Gasteiger partial charge < -0.3 is 10.3 Å². The van der Waals surface area contributed by atoms with Crippen molar-refractivity contribution >= 4 is 36.7 Å². The Morgan fingerprint density at radius 2 is 2.24 bits per heavy atom. The smallest absolute Gasteiger partial charge is 0.368 e. The van der Waals surface area contributed by atoms with Crippen LogP contribution in [0.4, 0.5) is 5.95 Å². The molecule has 1 aliphatic rings. The zero-order chi connectivity index (χ0) is 15.2. The Kier molecular flexibility index (Phi) is 3.59. The molecule has 0 spiro atoms. The van der Waals surface area contributed by atoms with Gasteiger partial charge in [0.15, 0.2) is 10.8 Å². The van der Waals surface area contributed by atoms with Gasteiger partial charge in [-0.2, -0.15) is 24.3 Å². The maximum atomic E-state index is 9.38. The molecule has 3 rings (SSSR count). The SMILES string of the molecule is C[P+](O)(O)O[C@@H]1C=C[C@H](n2cnc3c(Cl)nc(N)nc32)C1.[HH].[HH]. The number of fused-ring (bicyclic) bond motifs is 1. The van der Waals surface area contributed by atoms with Crippen LogP contribution in [0.15, 0.2) is 18.5 Å². The summed E-state index contributed by atoms with van der Waals surface area (Å²) >= 11 is 5.99. The second-order valence-corrected chi connectivity index (χ2v) is 7.10. The number of imidazole rings is 1. The third kappa shape index (κ3) is 3.00. The van der Waals surface area contributed by atoms with Gasteiger partial charge in [0.05, 0.1) is 12.4 Å². The summed E-state index contributed by atoms with van der Waals surface area (Å²) in [6.07, 6.45) is 5.47. The molecule has 0 fully saturated rings. The molecule has 0 saturated heterocycles. The summed E-state index contributed by atoms with van der Waals surface area (Å²) in [5.41, 5.74) is 6.62. The molecule has 0 radical (unpaired) electrons. The molecule has 0 saturated carbocycles. The summed E-state index contributed by atoms with van der Waals surface area (Å²) in [5, 5.41) is 0.204. The summed E-state index contributed by atoms with van der Waals surface area (Å²) in [6.45, 7) is 1.27. The Balaban J connectivity index is 0.00000132. The van der Waals surface area contributed by atoms with E-state index in [-0.39, 0.29) is 26.1 Å². The average molecular weight is 335 g/mol. The van der Waals surface area contributed by atoms with Gasteiger partial charge >= 0.3 is 7.94 Å². The van der Waals surface area contributed by atoms with E-state index in [1.165, 1.54) is 6.66 Å². The van der Waals surface area contributed by atoms with E-state index in [9.17, 15) is 9.79 Å². The average Bonchev–Trinajstić information content (AvgIpc) is 2.93. The van der Waals surface area contributed by atoms with Crippen molar-refractivity contribution in [1.29, 1.82) is 0 Å². The van der Waals surface area contributed by atoms with Gasteiger partial charge in [0.2, 0.25) is 5.95 Å². The number of anilines is 1. The summed E-state index contributed by atoms with van der Waals surface area (Å²) in [4.78, 5) is 31.0. The van der Waals surface area contributed by atoms with E-state index in [0.717, 1.165) is 0 Å². The Morgan fingerprint density at radius 3 is 2.95 bits per heavy atom. The third-order valence-corrected chi connectivity index (χ3v) is 4.04. The quantitative estimate of drug-likeness (QED) is 0.445. The molecule has 21 heavy (non-hydrogen) atoms. The van der Waals surface area contributed by atoms with Gasteiger partial charge in [-0.1, -0.05) is 23.8 Å². The van der Waals surface area contributed by atoms with Crippen LogP contribution in [0.25, 0.3) is 11.2 Å². The minimum atomic E-state index is -3.27. The second kappa shape index (κ2) is 5.15. The van der Waals surface area contributed by atoms with E-state index < -0.39 is 7.94 Å². The van der Waals surface area contributed by atoms with Crippen molar-refractivity contribution in [2.75, 3.05) is 12.4 Å². The zero-order valence-electron chi connectivity index (χ0n) is 11.1. The van der Waals surface area contributed by atoms with E-state index in [0.29, 0.717) is 17.6 Å². The van der Waals surface area contributed by atoms with Gasteiger partial charge in [0.25, 0.3) is 0 Å². The fourth-order valence-corrected chi connectivity index (χ4v) is 3.22. The Labute approximate surface area is 128 Å². The van der Waals surface area contributed by atoms with Crippen molar-refractivity contribution in [2.24, 2.45) is 0 Å². The number of nitrogens with zero attached hydrogens (tertiary/aromatic N) is 4. The summed E-state index contributed by atoms with van der Waals surface area (Å²) in [6, 6.07) is -0.0723. The van der Waals surface area contributed by atoms with Crippen molar-refractivity contribution in [3.63, 3.8) is 0 Å². The number of allylic oxidation sites excluding steroid dienone is 1. The van der Waals surface area contributed by atoms with Crippen LogP contribution in [0.5, 0.6) is 0 Å². The summed E-state index contributed by atoms with van der Waals surface area (Å²) in [5.74, 6) is 0.0771. The maximum absolute atomic E-state index is 9.38. The van der Waals surface area contributed by atoms with E-state index in [1.54, 1.807) is 12.4 Å². The lowest BCUT2D eigenvalue weighted by molar-refractivity contribution is 0.182. The third-order valence-electron chi connectivity index (χ3n) is 3.11. The number of aromatic nitrogens is 4. The topological polar surface area (TPSA) is 119 Å². The molecule has 2 aromatic heterocycles. The number of halogens is 1. The molecule has 0 bridgehead atoms. The van der Waals surface area contributed by atoms with E-state index in [2.05, 4.69) is 15.0 Å². The molecule has 10 heteroatoms. The molecule has 1 aliphatic carbocycles. The van der Waals surface area contributed by atoms with Gasteiger partial charge in [-0.3, -0.25) is 0 Å². The van der Waals surface area contributed by atoms with E-state index >= 15 is 0 Å². The lowest BCUT2D eigenvalue weighted by atomic mass is 10.2. The van der Waals surface area contributed by atoms with Gasteiger partial charge in [-0.25, -0.2) is 4.98 Å². The molecule has 0 amide bonds. The molecular weight excluding hydrogens is 317 g/mol. The van der Waals surface area contributed by atoms with E-state index in [4.69, 9.17) is 21.9 Å². The van der Waals surface area contributed by atoms with Crippen molar-refractivity contribution in [2.45, 2.75) is 18.6 Å². The van der Waals surface area contributed by atoms with Crippen molar-refractivity contribution in [1.82, 2.24) is 19.5 Å². The van der Waals surface area contributed by atoms with Crippen LogP contribution >= 0.6 is 19.5 Å². The fraction of sp³-hybridized carbons (Fsp3) is 0.364. The molecule has 2 heterocycles. The highest BCUT2D eigenvalue weighted by Gasteiger charge is 2.35. The van der Waals surface area contributed by atoms with Crippen LogP contribution in [0.2, 0.25) is 5.15 Å². The standard InChI is InChI=1S/C11H14ClN5O3P.2H2/c1-21(18,19)20-7-3-2-6(4-7)17-5-14-8-9(12)15-11(13)16-10(8)17;;/h2-3,5-7,18-19H,4H2,1H3,(H2,13,15,16);2*1H/q+1;;/t6-,7+;;/m0../s1. The van der Waals surface area contributed by atoms with Gasteiger partial charge in [-0.15, -0.1) is 0 Å². The molecule has 2 aromatic rings. The van der Waals surface area contributed by atoms with Crippen LogP contribution in [0.1, 0.15) is 15.3 Å². The van der Waals surface area contributed by atoms with Crippen molar-refractivity contribution < 1.29 is 17.2 Å². The first kappa shape index (κ1) is 14.6. The van der Waals surface area contributed by atoms with Crippen molar-refractivity contribution in [3.8, 4) is 0 Å². The van der Waals surface area contributed by atoms with Crippen LogP contribution in [0.3, 0.4) is 0 Å². The van der Waals surface area contributed by atoms with Gasteiger partial charge in [0.1, 0.15) is 18.3 Å². The molecule has 0 aliphatic heterocycles. The number of nitrogen functional groups attached to an aromatic ring is 1. The predicted molar refractivity (Wildman–Crippen MR) is 83.9 cm³/mol. The summed E-state index contributed by atoms with van der Waals surface area (Å²) < 4.78 is 7.01. The Morgan fingerprint density at radius 1 is 1.48 bits per heavy atom. The molecular formula is C11H18ClN5O3P+. The Hall–Kier alpha value is -1.31. The Bertz CT molecular complexity index is 723. The van der Waals surface area contributed by atoms with Crippen LogP contribution in [0, 0.1) is 0 Å². The minimum absolute atomic E-state index is 0. The first-order chi connectivity index (χ1) is 9.83. The van der Waals surface area contributed by atoms with E-state index in [1.807, 2.05) is 10.6 Å².